The number of benzene rings is 1. The van der Waals surface area contributed by atoms with E-state index in [4.69, 9.17) is 21.1 Å². The molecule has 26 heavy (non-hydrogen) atoms. The highest BCUT2D eigenvalue weighted by Crippen LogP contribution is 2.30. The van der Waals surface area contributed by atoms with Crippen LogP contribution in [0.5, 0.6) is 11.5 Å². The summed E-state index contributed by atoms with van der Waals surface area (Å²) in [5, 5.41) is 5.20. The van der Waals surface area contributed by atoms with Crippen molar-refractivity contribution in [2.24, 2.45) is 0 Å². The molecule has 2 aromatic heterocycles. The van der Waals surface area contributed by atoms with Crippen LogP contribution < -0.4 is 14.8 Å². The number of methoxy groups -OCH3 is 2. The van der Waals surface area contributed by atoms with Crippen molar-refractivity contribution in [2.75, 3.05) is 14.2 Å². The van der Waals surface area contributed by atoms with Crippen molar-refractivity contribution in [3.05, 3.63) is 52.3 Å². The number of nitrogens with one attached hydrogen (secondary N) is 1. The molecular formula is C18H18ClN3O3S. The van der Waals surface area contributed by atoms with Crippen LogP contribution in [0.1, 0.15) is 24.2 Å². The number of thiazole rings is 1. The summed E-state index contributed by atoms with van der Waals surface area (Å²) in [6.45, 7) is 1.90. The Hall–Kier alpha value is -2.51. The average Bonchev–Trinajstić information content (AvgIpc) is 3.19. The second-order valence-electron chi connectivity index (χ2n) is 5.52. The number of aromatic nitrogens is 2. The fourth-order valence-corrected chi connectivity index (χ4v) is 3.55. The largest absolute Gasteiger partial charge is 0.493 e. The Bertz CT molecular complexity index is 964. The second kappa shape index (κ2) is 7.80. The molecule has 0 saturated carbocycles. The van der Waals surface area contributed by atoms with E-state index in [1.54, 1.807) is 20.3 Å². The number of nitrogens with zero attached hydrogens (tertiary/aromatic N) is 2. The molecule has 0 aliphatic rings. The number of halogens is 1. The number of carbonyl (C=O) groups excluding carboxylic acids is 1. The van der Waals surface area contributed by atoms with Crippen LogP contribution in [0.15, 0.2) is 35.9 Å². The van der Waals surface area contributed by atoms with Crippen molar-refractivity contribution in [3.63, 3.8) is 0 Å². The molecule has 8 heteroatoms. The molecule has 0 radical (unpaired) electrons. The zero-order valence-electron chi connectivity index (χ0n) is 14.5. The minimum Gasteiger partial charge on any atom is -0.493 e. The minimum absolute atomic E-state index is 0.200. The Morgan fingerprint density at radius 3 is 2.85 bits per heavy atom. The van der Waals surface area contributed by atoms with E-state index in [0.29, 0.717) is 22.3 Å². The van der Waals surface area contributed by atoms with Gasteiger partial charge in [-0.3, -0.25) is 9.20 Å². The van der Waals surface area contributed by atoms with Gasteiger partial charge in [-0.15, -0.1) is 11.3 Å². The third kappa shape index (κ3) is 3.68. The van der Waals surface area contributed by atoms with E-state index in [0.717, 1.165) is 10.5 Å². The lowest BCUT2D eigenvalue weighted by atomic mass is 10.1. The Balaban J connectivity index is 1.71. The van der Waals surface area contributed by atoms with Crippen molar-refractivity contribution in [3.8, 4) is 11.5 Å². The number of fused-ring (bicyclic) bond motifs is 1. The van der Waals surface area contributed by atoms with E-state index in [2.05, 4.69) is 10.3 Å². The fraction of sp³-hybridized carbons (Fsp3) is 0.222. The number of carbonyl (C=O) groups is 1. The van der Waals surface area contributed by atoms with Gasteiger partial charge in [0.1, 0.15) is 0 Å². The third-order valence-corrected chi connectivity index (χ3v) is 4.95. The van der Waals surface area contributed by atoms with Gasteiger partial charge in [-0.25, -0.2) is 4.98 Å². The molecule has 1 N–H and O–H groups in total. The third-order valence-electron chi connectivity index (χ3n) is 3.91. The van der Waals surface area contributed by atoms with Gasteiger partial charge in [-0.05, 0) is 30.7 Å². The number of imidazole rings is 1. The van der Waals surface area contributed by atoms with Crippen LogP contribution in [0.25, 0.3) is 11.0 Å². The summed E-state index contributed by atoms with van der Waals surface area (Å²) in [6.07, 6.45) is 4.97. The standard InChI is InChI=1S/C18H18ClN3O3S/c1-11(12-4-6-14(24-2)15(10-12)25-3)20-16(23)7-5-13-17(19)21-18-22(13)8-9-26-18/h4-11H,1-3H3,(H,20,23)/b7-5+. The predicted molar refractivity (Wildman–Crippen MR) is 103 cm³/mol. The molecule has 0 bridgehead atoms. The summed E-state index contributed by atoms with van der Waals surface area (Å²) in [7, 11) is 3.16. The summed E-state index contributed by atoms with van der Waals surface area (Å²) in [5.74, 6) is 1.03. The molecule has 0 spiro atoms. The van der Waals surface area contributed by atoms with Crippen LogP contribution >= 0.6 is 22.9 Å². The molecule has 1 unspecified atom stereocenters. The number of ether oxygens (including phenoxy) is 2. The SMILES string of the molecule is COc1ccc(C(C)NC(=O)/C=C/c2c(Cl)nc3sccn23)cc1OC. The predicted octanol–water partition coefficient (Wildman–Crippen LogP) is 3.96. The maximum absolute atomic E-state index is 12.3. The number of rotatable bonds is 6. The van der Waals surface area contributed by atoms with E-state index in [1.165, 1.54) is 17.4 Å². The van der Waals surface area contributed by atoms with E-state index in [1.807, 2.05) is 41.1 Å². The van der Waals surface area contributed by atoms with Crippen LogP contribution in [0.2, 0.25) is 5.15 Å². The van der Waals surface area contributed by atoms with E-state index in [9.17, 15) is 4.79 Å². The topological polar surface area (TPSA) is 64.9 Å². The molecule has 1 atom stereocenters. The Morgan fingerprint density at radius 2 is 2.12 bits per heavy atom. The van der Waals surface area contributed by atoms with Gasteiger partial charge in [-0.2, -0.15) is 0 Å². The highest BCUT2D eigenvalue weighted by molar-refractivity contribution is 7.15. The summed E-state index contributed by atoms with van der Waals surface area (Å²) in [5.41, 5.74) is 1.59. The Kier molecular flexibility index (Phi) is 5.49. The first-order valence-electron chi connectivity index (χ1n) is 7.85. The summed E-state index contributed by atoms with van der Waals surface area (Å²) in [4.78, 5) is 17.3. The molecule has 0 saturated heterocycles. The van der Waals surface area contributed by atoms with Gasteiger partial charge in [0, 0.05) is 17.7 Å². The Morgan fingerprint density at radius 1 is 1.35 bits per heavy atom. The lowest BCUT2D eigenvalue weighted by Gasteiger charge is -2.15. The summed E-state index contributed by atoms with van der Waals surface area (Å²) in [6, 6.07) is 5.34. The molecule has 1 aromatic carbocycles. The Labute approximate surface area is 160 Å². The van der Waals surface area contributed by atoms with Crippen molar-refractivity contribution in [1.82, 2.24) is 14.7 Å². The highest BCUT2D eigenvalue weighted by Gasteiger charge is 2.13. The normalized spacial score (nSPS) is 12.5. The first-order valence-corrected chi connectivity index (χ1v) is 9.10. The molecule has 6 nitrogen and oxygen atoms in total. The molecule has 1 amide bonds. The summed E-state index contributed by atoms with van der Waals surface area (Å²) >= 11 is 7.60. The van der Waals surface area contributed by atoms with Gasteiger partial charge in [-0.1, -0.05) is 17.7 Å². The molecule has 136 valence electrons. The molecule has 0 aliphatic carbocycles. The second-order valence-corrected chi connectivity index (χ2v) is 6.75. The molecule has 0 fully saturated rings. The maximum atomic E-state index is 12.3. The lowest BCUT2D eigenvalue weighted by Crippen LogP contribution is -2.24. The van der Waals surface area contributed by atoms with E-state index in [-0.39, 0.29) is 11.9 Å². The van der Waals surface area contributed by atoms with Gasteiger partial charge >= 0.3 is 0 Å². The van der Waals surface area contributed by atoms with E-state index >= 15 is 0 Å². The number of hydrogen-bond donors (Lipinski definition) is 1. The smallest absolute Gasteiger partial charge is 0.244 e. The first-order chi connectivity index (χ1) is 12.5. The molecule has 2 heterocycles. The van der Waals surface area contributed by atoms with Gasteiger partial charge < -0.3 is 14.8 Å². The van der Waals surface area contributed by atoms with Gasteiger partial charge in [0.25, 0.3) is 0 Å². The van der Waals surface area contributed by atoms with Crippen molar-refractivity contribution < 1.29 is 14.3 Å². The van der Waals surface area contributed by atoms with Crippen molar-refractivity contribution in [2.45, 2.75) is 13.0 Å². The van der Waals surface area contributed by atoms with Crippen LogP contribution in [0.4, 0.5) is 0 Å². The first kappa shape index (κ1) is 18.3. The molecule has 0 aliphatic heterocycles. The van der Waals surface area contributed by atoms with Gasteiger partial charge in [0.15, 0.2) is 21.6 Å². The fourth-order valence-electron chi connectivity index (χ4n) is 2.55. The van der Waals surface area contributed by atoms with Crippen LogP contribution in [0, 0.1) is 0 Å². The summed E-state index contributed by atoms with van der Waals surface area (Å²) < 4.78 is 12.4. The van der Waals surface area contributed by atoms with Crippen LogP contribution in [-0.4, -0.2) is 29.5 Å². The lowest BCUT2D eigenvalue weighted by molar-refractivity contribution is -0.117. The molecular weight excluding hydrogens is 374 g/mol. The molecule has 3 aromatic rings. The van der Waals surface area contributed by atoms with Crippen LogP contribution in [0.3, 0.4) is 0 Å². The van der Waals surface area contributed by atoms with Crippen LogP contribution in [-0.2, 0) is 4.79 Å². The van der Waals surface area contributed by atoms with Crippen molar-refractivity contribution in [1.29, 1.82) is 0 Å². The zero-order valence-corrected chi connectivity index (χ0v) is 16.1. The zero-order chi connectivity index (χ0) is 18.7. The quantitative estimate of drug-likeness (QED) is 0.646. The number of hydrogen-bond acceptors (Lipinski definition) is 5. The van der Waals surface area contributed by atoms with Crippen molar-refractivity contribution >= 4 is 39.9 Å². The average molecular weight is 392 g/mol. The van der Waals surface area contributed by atoms with Gasteiger partial charge in [0.2, 0.25) is 5.91 Å². The monoisotopic (exact) mass is 391 g/mol. The minimum atomic E-state index is -0.228. The van der Waals surface area contributed by atoms with E-state index < -0.39 is 0 Å². The number of amides is 1. The molecule has 3 rings (SSSR count). The van der Waals surface area contributed by atoms with Gasteiger partial charge in [0.05, 0.1) is 26.0 Å². The highest BCUT2D eigenvalue weighted by atomic mass is 35.5. The maximum Gasteiger partial charge on any atom is 0.244 e.